The van der Waals surface area contributed by atoms with Gasteiger partial charge in [-0.2, -0.15) is 0 Å². The van der Waals surface area contributed by atoms with Gasteiger partial charge in [0.1, 0.15) is 15.2 Å². The van der Waals surface area contributed by atoms with Crippen molar-refractivity contribution in [2.45, 2.75) is 0 Å². The molecule has 84 valence electrons. The second-order valence-electron chi connectivity index (χ2n) is 2.96. The number of nitrogens with two attached hydrogens (primary N) is 1. The predicted octanol–water partition coefficient (Wildman–Crippen LogP) is 3.57. The van der Waals surface area contributed by atoms with Gasteiger partial charge in [0, 0.05) is 4.47 Å². The fourth-order valence-electron chi connectivity index (χ4n) is 1.21. The molecule has 0 fully saturated rings. The fraction of sp³-hybridized carbons (Fsp3) is 0. The number of nitrogens with zero attached hydrogens (tertiary/aromatic N) is 1. The van der Waals surface area contributed by atoms with Crippen molar-refractivity contribution in [2.24, 2.45) is 0 Å². The summed E-state index contributed by atoms with van der Waals surface area (Å²) in [6.45, 7) is 0. The van der Waals surface area contributed by atoms with Gasteiger partial charge < -0.3 is 10.3 Å². The summed E-state index contributed by atoms with van der Waals surface area (Å²) in [5.74, 6) is -1.36. The summed E-state index contributed by atoms with van der Waals surface area (Å²) in [6.07, 6.45) is 0. The van der Waals surface area contributed by atoms with Gasteiger partial charge in [0.25, 0.3) is 0 Å². The number of hydrogen-bond acceptors (Lipinski definition) is 3. The van der Waals surface area contributed by atoms with Crippen LogP contribution in [0.15, 0.2) is 21.1 Å². The summed E-state index contributed by atoms with van der Waals surface area (Å²) >= 11 is 4.81. The third kappa shape index (κ3) is 1.93. The van der Waals surface area contributed by atoms with Gasteiger partial charge >= 0.3 is 0 Å². The third-order valence-electron chi connectivity index (χ3n) is 1.89. The van der Waals surface area contributed by atoms with Gasteiger partial charge in [-0.25, -0.2) is 8.78 Å². The first-order valence-corrected chi connectivity index (χ1v) is 5.93. The van der Waals surface area contributed by atoms with Gasteiger partial charge in [-0.15, -0.1) is 0 Å². The van der Waals surface area contributed by atoms with E-state index in [0.717, 1.165) is 12.1 Å². The highest BCUT2D eigenvalue weighted by atomic mass is 127. The summed E-state index contributed by atoms with van der Waals surface area (Å²) in [4.78, 5) is 0. The molecule has 0 saturated heterocycles. The Morgan fingerprint density at radius 3 is 2.31 bits per heavy atom. The highest BCUT2D eigenvalue weighted by molar-refractivity contribution is 14.1. The Bertz CT molecular complexity index is 535. The Labute approximate surface area is 111 Å². The molecule has 0 radical (unpaired) electrons. The molecule has 0 bridgehead atoms. The first-order chi connectivity index (χ1) is 7.50. The first kappa shape index (κ1) is 11.8. The number of hydrogen-bond donors (Lipinski definition) is 1. The minimum atomic E-state index is -0.735. The van der Waals surface area contributed by atoms with Gasteiger partial charge in [0.05, 0.1) is 5.56 Å². The zero-order valence-electron chi connectivity index (χ0n) is 7.60. The molecule has 0 aliphatic carbocycles. The number of rotatable bonds is 1. The van der Waals surface area contributed by atoms with Crippen molar-refractivity contribution in [1.29, 1.82) is 0 Å². The molecule has 2 rings (SSSR count). The monoisotopic (exact) mass is 400 g/mol. The van der Waals surface area contributed by atoms with E-state index in [0.29, 0.717) is 8.04 Å². The fourth-order valence-corrected chi connectivity index (χ4v) is 2.07. The molecule has 0 aliphatic heterocycles. The Kier molecular flexibility index (Phi) is 3.15. The van der Waals surface area contributed by atoms with Crippen LogP contribution in [0.3, 0.4) is 0 Å². The number of aromatic nitrogens is 1. The topological polar surface area (TPSA) is 52.0 Å². The van der Waals surface area contributed by atoms with Gasteiger partial charge in [-0.1, -0.05) is 21.1 Å². The molecule has 0 atom stereocenters. The smallest absolute Gasteiger partial charge is 0.188 e. The molecule has 0 unspecified atom stereocenters. The largest absolute Gasteiger partial charge is 0.380 e. The third-order valence-corrected chi connectivity index (χ3v) is 3.39. The number of halogens is 4. The Morgan fingerprint density at radius 1 is 1.31 bits per heavy atom. The molecule has 0 amide bonds. The van der Waals surface area contributed by atoms with Crippen LogP contribution in [-0.4, -0.2) is 5.16 Å². The van der Waals surface area contributed by atoms with E-state index in [1.807, 2.05) is 22.6 Å². The van der Waals surface area contributed by atoms with Gasteiger partial charge in [-0.05, 0) is 34.7 Å². The molecular formula is C9H4BrF2IN2O. The predicted molar refractivity (Wildman–Crippen MR) is 66.7 cm³/mol. The molecule has 1 heterocycles. The van der Waals surface area contributed by atoms with Crippen molar-refractivity contribution in [3.63, 3.8) is 0 Å². The molecule has 0 saturated carbocycles. The highest BCUT2D eigenvalue weighted by Gasteiger charge is 2.21. The van der Waals surface area contributed by atoms with Crippen LogP contribution in [0.4, 0.5) is 14.6 Å². The summed E-state index contributed by atoms with van der Waals surface area (Å²) in [7, 11) is 0. The normalized spacial score (nSPS) is 10.8. The average molecular weight is 401 g/mol. The molecule has 0 aliphatic rings. The standard InChI is InChI=1S/C9H4BrF2IN2O/c10-3-1-4(11)6(5(12)2-3)8-7(13)9(14)15-16-8/h1-2H,(H2,14,15). The first-order valence-electron chi connectivity index (χ1n) is 4.06. The van der Waals surface area contributed by atoms with Gasteiger partial charge in [-0.3, -0.25) is 0 Å². The van der Waals surface area contributed by atoms with Crippen LogP contribution in [0.1, 0.15) is 0 Å². The SMILES string of the molecule is Nc1noc(-c2c(F)cc(Br)cc2F)c1I. The van der Waals surface area contributed by atoms with Crippen molar-refractivity contribution in [3.8, 4) is 11.3 Å². The van der Waals surface area contributed by atoms with Crippen molar-refractivity contribution < 1.29 is 13.3 Å². The lowest BCUT2D eigenvalue weighted by molar-refractivity contribution is 0.429. The molecule has 0 spiro atoms. The van der Waals surface area contributed by atoms with Crippen LogP contribution < -0.4 is 5.73 Å². The summed E-state index contributed by atoms with van der Waals surface area (Å²) in [5.41, 5.74) is 5.17. The molecule has 1 aromatic heterocycles. The van der Waals surface area contributed by atoms with E-state index in [-0.39, 0.29) is 17.1 Å². The van der Waals surface area contributed by atoms with Gasteiger partial charge in [0.2, 0.25) is 0 Å². The molecule has 2 aromatic rings. The molecule has 3 nitrogen and oxygen atoms in total. The van der Waals surface area contributed by atoms with Crippen LogP contribution >= 0.6 is 38.5 Å². The summed E-state index contributed by atoms with van der Waals surface area (Å²) in [5, 5.41) is 3.45. The molecule has 1 aromatic carbocycles. The Hall–Kier alpha value is -0.700. The quantitative estimate of drug-likeness (QED) is 0.744. The maximum absolute atomic E-state index is 13.6. The van der Waals surface area contributed by atoms with E-state index in [9.17, 15) is 8.78 Å². The number of nitrogen functional groups attached to an aromatic ring is 1. The Balaban J connectivity index is 2.69. The molecule has 2 N–H and O–H groups in total. The van der Waals surface area contributed by atoms with Crippen molar-refractivity contribution >= 4 is 44.3 Å². The van der Waals surface area contributed by atoms with E-state index in [4.69, 9.17) is 10.3 Å². The second-order valence-corrected chi connectivity index (χ2v) is 4.95. The second kappa shape index (κ2) is 4.28. The van der Waals surface area contributed by atoms with Crippen LogP contribution in [0.5, 0.6) is 0 Å². The average Bonchev–Trinajstić information content (AvgIpc) is 2.48. The van der Waals surface area contributed by atoms with Crippen molar-refractivity contribution in [3.05, 3.63) is 31.8 Å². The van der Waals surface area contributed by atoms with Crippen LogP contribution in [0.25, 0.3) is 11.3 Å². The molecule has 7 heteroatoms. The van der Waals surface area contributed by atoms with Crippen LogP contribution in [0.2, 0.25) is 0 Å². The summed E-state index contributed by atoms with van der Waals surface area (Å²) in [6, 6.07) is 2.29. The van der Waals surface area contributed by atoms with Crippen molar-refractivity contribution in [1.82, 2.24) is 5.16 Å². The van der Waals surface area contributed by atoms with E-state index in [2.05, 4.69) is 21.1 Å². The van der Waals surface area contributed by atoms with Crippen LogP contribution in [0, 0.1) is 15.2 Å². The maximum Gasteiger partial charge on any atom is 0.188 e. The minimum Gasteiger partial charge on any atom is -0.380 e. The lowest BCUT2D eigenvalue weighted by Gasteiger charge is -2.02. The van der Waals surface area contributed by atoms with E-state index in [1.165, 1.54) is 0 Å². The number of benzene rings is 1. The highest BCUT2D eigenvalue weighted by Crippen LogP contribution is 2.34. The van der Waals surface area contributed by atoms with Crippen LogP contribution in [-0.2, 0) is 0 Å². The number of anilines is 1. The summed E-state index contributed by atoms with van der Waals surface area (Å²) < 4.78 is 32.7. The van der Waals surface area contributed by atoms with E-state index in [1.54, 1.807) is 0 Å². The lowest BCUT2D eigenvalue weighted by atomic mass is 10.1. The Morgan fingerprint density at radius 2 is 1.88 bits per heavy atom. The lowest BCUT2D eigenvalue weighted by Crippen LogP contribution is -1.92. The zero-order valence-corrected chi connectivity index (χ0v) is 11.3. The molecular weight excluding hydrogens is 397 g/mol. The maximum atomic E-state index is 13.6. The van der Waals surface area contributed by atoms with Crippen molar-refractivity contribution in [2.75, 3.05) is 5.73 Å². The van der Waals surface area contributed by atoms with E-state index < -0.39 is 11.6 Å². The zero-order chi connectivity index (χ0) is 11.9. The van der Waals surface area contributed by atoms with Gasteiger partial charge in [0.15, 0.2) is 11.6 Å². The van der Waals surface area contributed by atoms with E-state index >= 15 is 0 Å². The minimum absolute atomic E-state index is 0.000556. The molecule has 16 heavy (non-hydrogen) atoms.